The molecule has 0 saturated heterocycles. The smallest absolute Gasteiger partial charge is 0.141 e. The lowest BCUT2D eigenvalue weighted by Gasteiger charge is -2.23. The second kappa shape index (κ2) is 5.00. The van der Waals surface area contributed by atoms with E-state index in [1.54, 1.807) is 6.08 Å². The van der Waals surface area contributed by atoms with Gasteiger partial charge in [0.15, 0.2) is 0 Å². The van der Waals surface area contributed by atoms with Gasteiger partial charge in [0.25, 0.3) is 0 Å². The van der Waals surface area contributed by atoms with E-state index in [2.05, 4.69) is 6.58 Å². The van der Waals surface area contributed by atoms with Crippen molar-refractivity contribution in [1.29, 1.82) is 0 Å². The van der Waals surface area contributed by atoms with Crippen molar-refractivity contribution >= 4 is 5.78 Å². The van der Waals surface area contributed by atoms with E-state index in [-0.39, 0.29) is 11.3 Å². The number of ketones is 1. The van der Waals surface area contributed by atoms with Gasteiger partial charge in [0.1, 0.15) is 5.78 Å². The number of carbonyl (C=O) groups excluding carboxylic acids is 1. The molecule has 0 fully saturated rings. The standard InChI is InChI=1S/C12H20O/c1-6-7-8-9-12(4,5)11(13)10(2)3/h6-8,10H,1,9H2,2-5H3/b8-7+. The highest BCUT2D eigenvalue weighted by molar-refractivity contribution is 5.85. The van der Waals surface area contributed by atoms with Gasteiger partial charge in [-0.3, -0.25) is 4.79 Å². The Bertz CT molecular complexity index is 209. The van der Waals surface area contributed by atoms with Gasteiger partial charge in [0, 0.05) is 11.3 Å². The average Bonchev–Trinajstić information content (AvgIpc) is 2.03. The summed E-state index contributed by atoms with van der Waals surface area (Å²) in [7, 11) is 0. The van der Waals surface area contributed by atoms with E-state index in [1.807, 2.05) is 39.8 Å². The summed E-state index contributed by atoms with van der Waals surface area (Å²) in [5.74, 6) is 0.438. The van der Waals surface area contributed by atoms with Crippen LogP contribution in [0.5, 0.6) is 0 Å². The van der Waals surface area contributed by atoms with Gasteiger partial charge >= 0.3 is 0 Å². The minimum Gasteiger partial charge on any atom is -0.299 e. The molecule has 0 aliphatic rings. The van der Waals surface area contributed by atoms with Gasteiger partial charge < -0.3 is 0 Å². The number of Topliss-reactive ketones (excluding diaryl/α,β-unsaturated/α-hetero) is 1. The van der Waals surface area contributed by atoms with Gasteiger partial charge in [0.05, 0.1) is 0 Å². The first-order chi connectivity index (χ1) is 5.91. The van der Waals surface area contributed by atoms with E-state index in [9.17, 15) is 4.79 Å². The predicted octanol–water partition coefficient (Wildman–Crippen LogP) is 3.37. The fraction of sp³-hybridized carbons (Fsp3) is 0.583. The van der Waals surface area contributed by atoms with Crippen molar-refractivity contribution in [2.75, 3.05) is 0 Å². The van der Waals surface area contributed by atoms with E-state index >= 15 is 0 Å². The molecule has 0 N–H and O–H groups in total. The van der Waals surface area contributed by atoms with Crippen molar-refractivity contribution in [3.63, 3.8) is 0 Å². The first kappa shape index (κ1) is 12.2. The van der Waals surface area contributed by atoms with Gasteiger partial charge in [-0.1, -0.05) is 52.5 Å². The van der Waals surface area contributed by atoms with Crippen LogP contribution < -0.4 is 0 Å². The summed E-state index contributed by atoms with van der Waals surface area (Å²) in [6, 6.07) is 0. The molecule has 74 valence electrons. The summed E-state index contributed by atoms with van der Waals surface area (Å²) in [5, 5.41) is 0. The highest BCUT2D eigenvalue weighted by Crippen LogP contribution is 2.25. The van der Waals surface area contributed by atoms with Crippen LogP contribution in [0.25, 0.3) is 0 Å². The molecule has 1 heteroatoms. The Morgan fingerprint density at radius 1 is 1.46 bits per heavy atom. The Hall–Kier alpha value is -0.850. The molecule has 13 heavy (non-hydrogen) atoms. The quantitative estimate of drug-likeness (QED) is 0.593. The lowest BCUT2D eigenvalue weighted by molar-refractivity contribution is -0.130. The first-order valence-electron chi connectivity index (χ1n) is 4.73. The fourth-order valence-electron chi connectivity index (χ4n) is 1.34. The third kappa shape index (κ3) is 4.07. The Morgan fingerprint density at radius 2 is 2.00 bits per heavy atom. The molecule has 0 spiro atoms. The van der Waals surface area contributed by atoms with Crippen molar-refractivity contribution in [1.82, 2.24) is 0 Å². The van der Waals surface area contributed by atoms with Crippen molar-refractivity contribution < 1.29 is 4.79 Å². The minimum absolute atomic E-state index is 0.118. The zero-order valence-corrected chi connectivity index (χ0v) is 9.13. The predicted molar refractivity (Wildman–Crippen MR) is 57.6 cm³/mol. The third-order valence-electron chi connectivity index (χ3n) is 2.09. The van der Waals surface area contributed by atoms with Crippen molar-refractivity contribution in [3.8, 4) is 0 Å². The first-order valence-corrected chi connectivity index (χ1v) is 4.73. The second-order valence-electron chi connectivity index (χ2n) is 4.27. The molecule has 0 aromatic heterocycles. The topological polar surface area (TPSA) is 17.1 Å². The van der Waals surface area contributed by atoms with Gasteiger partial charge in [-0.25, -0.2) is 0 Å². The highest BCUT2D eigenvalue weighted by Gasteiger charge is 2.27. The number of hydrogen-bond donors (Lipinski definition) is 0. The zero-order chi connectivity index (χ0) is 10.5. The Labute approximate surface area is 81.5 Å². The molecular weight excluding hydrogens is 160 g/mol. The van der Waals surface area contributed by atoms with E-state index < -0.39 is 0 Å². The summed E-state index contributed by atoms with van der Waals surface area (Å²) in [6.45, 7) is 11.5. The fourth-order valence-corrected chi connectivity index (χ4v) is 1.34. The lowest BCUT2D eigenvalue weighted by atomic mass is 9.80. The normalized spacial score (nSPS) is 12.4. The molecule has 0 rings (SSSR count). The molecule has 1 nitrogen and oxygen atoms in total. The van der Waals surface area contributed by atoms with Crippen LogP contribution in [-0.4, -0.2) is 5.78 Å². The van der Waals surface area contributed by atoms with Gasteiger partial charge in [-0.15, -0.1) is 0 Å². The zero-order valence-electron chi connectivity index (χ0n) is 9.13. The average molecular weight is 180 g/mol. The maximum absolute atomic E-state index is 11.7. The Kier molecular flexibility index (Phi) is 4.68. The molecule has 0 heterocycles. The molecule has 0 amide bonds. The summed E-state index contributed by atoms with van der Waals surface area (Å²) in [6.07, 6.45) is 6.40. The second-order valence-corrected chi connectivity index (χ2v) is 4.27. The summed E-state index contributed by atoms with van der Waals surface area (Å²) in [4.78, 5) is 11.7. The van der Waals surface area contributed by atoms with E-state index in [1.165, 1.54) is 0 Å². The van der Waals surface area contributed by atoms with Crippen LogP contribution in [0.2, 0.25) is 0 Å². The van der Waals surface area contributed by atoms with Crippen LogP contribution >= 0.6 is 0 Å². The molecule has 0 unspecified atom stereocenters. The lowest BCUT2D eigenvalue weighted by Crippen LogP contribution is -2.27. The number of carbonyl (C=O) groups is 1. The van der Waals surface area contributed by atoms with Crippen LogP contribution in [0, 0.1) is 11.3 Å². The molecule has 0 bridgehead atoms. The molecule has 0 radical (unpaired) electrons. The minimum atomic E-state index is -0.242. The van der Waals surface area contributed by atoms with Crippen LogP contribution in [0.4, 0.5) is 0 Å². The monoisotopic (exact) mass is 180 g/mol. The highest BCUT2D eigenvalue weighted by atomic mass is 16.1. The Balaban J connectivity index is 4.30. The molecular formula is C12H20O. The van der Waals surface area contributed by atoms with E-state index in [0.29, 0.717) is 5.78 Å². The van der Waals surface area contributed by atoms with Gasteiger partial charge in [0.2, 0.25) is 0 Å². The molecule has 0 aromatic rings. The van der Waals surface area contributed by atoms with Gasteiger partial charge in [-0.2, -0.15) is 0 Å². The summed E-state index contributed by atoms with van der Waals surface area (Å²) in [5.41, 5.74) is -0.242. The third-order valence-corrected chi connectivity index (χ3v) is 2.09. The van der Waals surface area contributed by atoms with E-state index in [0.717, 1.165) is 6.42 Å². The van der Waals surface area contributed by atoms with E-state index in [4.69, 9.17) is 0 Å². The summed E-state index contributed by atoms with van der Waals surface area (Å²) >= 11 is 0. The Morgan fingerprint density at radius 3 is 2.38 bits per heavy atom. The molecule has 0 aliphatic heterocycles. The molecule has 0 aliphatic carbocycles. The van der Waals surface area contributed by atoms with Crippen LogP contribution in [0.3, 0.4) is 0 Å². The molecule has 0 saturated carbocycles. The largest absolute Gasteiger partial charge is 0.299 e. The number of rotatable bonds is 5. The number of hydrogen-bond acceptors (Lipinski definition) is 1. The van der Waals surface area contributed by atoms with Gasteiger partial charge in [-0.05, 0) is 6.42 Å². The van der Waals surface area contributed by atoms with Crippen molar-refractivity contribution in [2.45, 2.75) is 34.1 Å². The van der Waals surface area contributed by atoms with Crippen molar-refractivity contribution in [3.05, 3.63) is 24.8 Å². The van der Waals surface area contributed by atoms with Crippen LogP contribution in [-0.2, 0) is 4.79 Å². The van der Waals surface area contributed by atoms with Crippen LogP contribution in [0.15, 0.2) is 24.8 Å². The number of allylic oxidation sites excluding steroid dienone is 3. The summed E-state index contributed by atoms with van der Waals surface area (Å²) < 4.78 is 0. The molecule has 0 aromatic carbocycles. The maximum Gasteiger partial charge on any atom is 0.141 e. The maximum atomic E-state index is 11.7. The molecule has 0 atom stereocenters. The van der Waals surface area contributed by atoms with Crippen molar-refractivity contribution in [2.24, 2.45) is 11.3 Å². The SMILES string of the molecule is C=C/C=C/CC(C)(C)C(=O)C(C)C. The van der Waals surface area contributed by atoms with Crippen LogP contribution in [0.1, 0.15) is 34.1 Å².